The number of nitrogens with zero attached hydrogens (tertiary/aromatic N) is 2. The summed E-state index contributed by atoms with van der Waals surface area (Å²) in [6.07, 6.45) is 0. The summed E-state index contributed by atoms with van der Waals surface area (Å²) in [5, 5.41) is 3.48. The summed E-state index contributed by atoms with van der Waals surface area (Å²) >= 11 is 3.63. The van der Waals surface area contributed by atoms with Crippen LogP contribution in [0.15, 0.2) is 46.9 Å². The minimum atomic E-state index is 0.713. The Kier molecular flexibility index (Phi) is 3.97. The Morgan fingerprint density at radius 1 is 1.14 bits per heavy atom. The van der Waals surface area contributed by atoms with Crippen LogP contribution in [0.2, 0.25) is 0 Å². The van der Waals surface area contributed by atoms with Gasteiger partial charge in [0.1, 0.15) is 5.82 Å². The summed E-state index contributed by atoms with van der Waals surface area (Å²) in [6.45, 7) is 5.88. The molecule has 0 saturated heterocycles. The highest BCUT2D eigenvalue weighted by Gasteiger charge is 2.09. The number of anilines is 1. The van der Waals surface area contributed by atoms with Crippen molar-refractivity contribution in [1.82, 2.24) is 9.55 Å². The van der Waals surface area contributed by atoms with Gasteiger partial charge < -0.3 is 9.88 Å². The number of aryl methyl sites for hydroxylation is 2. The van der Waals surface area contributed by atoms with Crippen LogP contribution in [0.5, 0.6) is 0 Å². The zero-order chi connectivity index (χ0) is 14.8. The third kappa shape index (κ3) is 2.68. The maximum Gasteiger partial charge on any atom is 0.129 e. The lowest BCUT2D eigenvalue weighted by atomic mass is 10.2. The van der Waals surface area contributed by atoms with E-state index < -0.39 is 0 Å². The van der Waals surface area contributed by atoms with Gasteiger partial charge in [-0.1, -0.05) is 24.3 Å². The monoisotopic (exact) mass is 343 g/mol. The molecule has 0 aliphatic carbocycles. The lowest BCUT2D eigenvalue weighted by Crippen LogP contribution is -2.08. The Morgan fingerprint density at radius 2 is 1.95 bits per heavy atom. The first-order chi connectivity index (χ1) is 10.2. The van der Waals surface area contributed by atoms with E-state index in [-0.39, 0.29) is 0 Å². The van der Waals surface area contributed by atoms with Crippen LogP contribution in [0.4, 0.5) is 5.69 Å². The van der Waals surface area contributed by atoms with Gasteiger partial charge in [-0.2, -0.15) is 0 Å². The Labute approximate surface area is 133 Å². The molecule has 1 N–H and O–H groups in total. The Hall–Kier alpha value is -1.81. The third-order valence-electron chi connectivity index (χ3n) is 3.68. The van der Waals surface area contributed by atoms with Crippen LogP contribution in [0, 0.1) is 6.92 Å². The first kappa shape index (κ1) is 14.1. The van der Waals surface area contributed by atoms with E-state index >= 15 is 0 Å². The highest BCUT2D eigenvalue weighted by atomic mass is 79.9. The number of rotatable bonds is 4. The standard InChI is InChI=1S/C17H18BrN3/c1-3-21-15-10-5-4-8-13(15)20-16(21)11-19-14-9-6-7-12(2)17(14)18/h4-10,19H,3,11H2,1-2H3. The van der Waals surface area contributed by atoms with Gasteiger partial charge in [-0.25, -0.2) is 4.98 Å². The predicted octanol–water partition coefficient (Wildman–Crippen LogP) is 4.74. The van der Waals surface area contributed by atoms with Gasteiger partial charge in [0, 0.05) is 16.7 Å². The van der Waals surface area contributed by atoms with Crippen molar-refractivity contribution < 1.29 is 0 Å². The highest BCUT2D eigenvalue weighted by molar-refractivity contribution is 9.10. The van der Waals surface area contributed by atoms with Crippen molar-refractivity contribution >= 4 is 32.7 Å². The molecule has 2 aromatic carbocycles. The smallest absolute Gasteiger partial charge is 0.129 e. The van der Waals surface area contributed by atoms with E-state index in [1.807, 2.05) is 6.07 Å². The van der Waals surface area contributed by atoms with E-state index in [1.54, 1.807) is 0 Å². The molecule has 0 aliphatic heterocycles. The predicted molar refractivity (Wildman–Crippen MR) is 91.6 cm³/mol. The molecule has 1 aromatic heterocycles. The zero-order valence-electron chi connectivity index (χ0n) is 12.2. The SMILES string of the molecule is CCn1c(CNc2cccc(C)c2Br)nc2ccccc21. The quantitative estimate of drug-likeness (QED) is 0.741. The fourth-order valence-corrected chi connectivity index (χ4v) is 2.98. The second-order valence-electron chi connectivity index (χ2n) is 5.05. The van der Waals surface area contributed by atoms with Crippen LogP contribution in [-0.2, 0) is 13.1 Å². The molecule has 0 amide bonds. The van der Waals surface area contributed by atoms with E-state index in [0.29, 0.717) is 6.54 Å². The van der Waals surface area contributed by atoms with Crippen molar-refractivity contribution in [3.05, 3.63) is 58.3 Å². The van der Waals surface area contributed by atoms with Crippen LogP contribution in [-0.4, -0.2) is 9.55 Å². The van der Waals surface area contributed by atoms with Crippen molar-refractivity contribution in [2.24, 2.45) is 0 Å². The number of imidazole rings is 1. The first-order valence-corrected chi connectivity index (χ1v) is 7.93. The summed E-state index contributed by atoms with van der Waals surface area (Å²) in [5.41, 5.74) is 4.58. The second-order valence-corrected chi connectivity index (χ2v) is 5.84. The number of nitrogens with one attached hydrogen (secondary N) is 1. The van der Waals surface area contributed by atoms with Crippen molar-refractivity contribution in [3.63, 3.8) is 0 Å². The van der Waals surface area contributed by atoms with Gasteiger partial charge in [0.2, 0.25) is 0 Å². The number of halogens is 1. The summed E-state index contributed by atoms with van der Waals surface area (Å²) in [5.74, 6) is 1.06. The van der Waals surface area contributed by atoms with Crippen LogP contribution in [0.1, 0.15) is 18.3 Å². The van der Waals surface area contributed by atoms with Gasteiger partial charge in [-0.15, -0.1) is 0 Å². The molecule has 0 saturated carbocycles. The van der Waals surface area contributed by atoms with Crippen molar-refractivity contribution in [3.8, 4) is 0 Å². The molecule has 4 heteroatoms. The van der Waals surface area contributed by atoms with E-state index in [2.05, 4.69) is 76.1 Å². The van der Waals surface area contributed by atoms with Gasteiger partial charge >= 0.3 is 0 Å². The molecular weight excluding hydrogens is 326 g/mol. The normalized spacial score (nSPS) is 11.0. The number of hydrogen-bond acceptors (Lipinski definition) is 2. The first-order valence-electron chi connectivity index (χ1n) is 7.14. The molecule has 0 fully saturated rings. The molecule has 0 atom stereocenters. The van der Waals surface area contributed by atoms with Gasteiger partial charge in [0.25, 0.3) is 0 Å². The van der Waals surface area contributed by atoms with Crippen LogP contribution in [0.3, 0.4) is 0 Å². The third-order valence-corrected chi connectivity index (χ3v) is 4.73. The molecule has 0 unspecified atom stereocenters. The molecular formula is C17H18BrN3. The Bertz CT molecular complexity index is 777. The van der Waals surface area contributed by atoms with Crippen molar-refractivity contribution in [2.45, 2.75) is 26.9 Å². The molecule has 0 aliphatic rings. The largest absolute Gasteiger partial charge is 0.377 e. The molecule has 1 heterocycles. The number of aromatic nitrogens is 2. The fourth-order valence-electron chi connectivity index (χ4n) is 2.57. The minimum absolute atomic E-state index is 0.713. The van der Waals surface area contributed by atoms with Crippen molar-refractivity contribution in [1.29, 1.82) is 0 Å². The zero-order valence-corrected chi connectivity index (χ0v) is 13.8. The Morgan fingerprint density at radius 3 is 2.76 bits per heavy atom. The van der Waals surface area contributed by atoms with Crippen molar-refractivity contribution in [2.75, 3.05) is 5.32 Å². The van der Waals surface area contributed by atoms with E-state index in [1.165, 1.54) is 11.1 Å². The summed E-state index contributed by atoms with van der Waals surface area (Å²) in [6, 6.07) is 14.5. The molecule has 21 heavy (non-hydrogen) atoms. The summed E-state index contributed by atoms with van der Waals surface area (Å²) in [4.78, 5) is 4.74. The van der Waals surface area contributed by atoms with Crippen LogP contribution < -0.4 is 5.32 Å². The molecule has 0 radical (unpaired) electrons. The van der Waals surface area contributed by atoms with Gasteiger partial charge in [-0.3, -0.25) is 0 Å². The van der Waals surface area contributed by atoms with E-state index in [4.69, 9.17) is 4.98 Å². The lowest BCUT2D eigenvalue weighted by Gasteiger charge is -2.11. The number of fused-ring (bicyclic) bond motifs is 1. The van der Waals surface area contributed by atoms with Gasteiger partial charge in [0.05, 0.1) is 17.6 Å². The van der Waals surface area contributed by atoms with E-state index in [0.717, 1.165) is 28.0 Å². The maximum atomic E-state index is 4.74. The molecule has 0 bridgehead atoms. The summed E-state index contributed by atoms with van der Waals surface area (Å²) in [7, 11) is 0. The number of para-hydroxylation sites is 2. The Balaban J connectivity index is 1.90. The van der Waals surface area contributed by atoms with Crippen LogP contribution in [0.25, 0.3) is 11.0 Å². The highest BCUT2D eigenvalue weighted by Crippen LogP contribution is 2.26. The van der Waals surface area contributed by atoms with E-state index in [9.17, 15) is 0 Å². The topological polar surface area (TPSA) is 29.9 Å². The van der Waals surface area contributed by atoms with Gasteiger partial charge in [0.15, 0.2) is 0 Å². The lowest BCUT2D eigenvalue weighted by molar-refractivity contribution is 0.729. The molecule has 0 spiro atoms. The maximum absolute atomic E-state index is 4.74. The fraction of sp³-hybridized carbons (Fsp3) is 0.235. The average Bonchev–Trinajstić information content (AvgIpc) is 2.86. The second kappa shape index (κ2) is 5.90. The minimum Gasteiger partial charge on any atom is -0.377 e. The number of hydrogen-bond donors (Lipinski definition) is 1. The molecule has 3 rings (SSSR count). The molecule has 3 nitrogen and oxygen atoms in total. The average molecular weight is 344 g/mol. The van der Waals surface area contributed by atoms with Crippen LogP contribution >= 0.6 is 15.9 Å². The number of benzene rings is 2. The van der Waals surface area contributed by atoms with Gasteiger partial charge in [-0.05, 0) is 53.5 Å². The molecule has 3 aromatic rings. The molecule has 108 valence electrons. The summed E-state index contributed by atoms with van der Waals surface area (Å²) < 4.78 is 3.37.